The molecule has 6 nitrogen and oxygen atoms in total. The van der Waals surface area contributed by atoms with Crippen LogP contribution in [0.25, 0.3) is 11.4 Å². The van der Waals surface area contributed by atoms with Gasteiger partial charge in [-0.15, -0.1) is 0 Å². The minimum Gasteiger partial charge on any atom is -0.344 e. The number of nitrogens with one attached hydrogen (secondary N) is 2. The van der Waals surface area contributed by atoms with Gasteiger partial charge >= 0.3 is 5.69 Å². The Labute approximate surface area is 91.5 Å². The van der Waals surface area contributed by atoms with E-state index in [1.54, 1.807) is 29.1 Å². The molecule has 0 saturated heterocycles. The largest absolute Gasteiger partial charge is 0.344 e. The molecule has 0 atom stereocenters. The Balaban J connectivity index is 2.72. The van der Waals surface area contributed by atoms with Crippen molar-refractivity contribution in [3.63, 3.8) is 0 Å². The van der Waals surface area contributed by atoms with Crippen LogP contribution in [0.5, 0.6) is 0 Å². The molecule has 0 radical (unpaired) electrons. The fraction of sp³-hybridized carbons (Fsp3) is 0. The van der Waals surface area contributed by atoms with E-state index >= 15 is 0 Å². The minimum atomic E-state index is -0.453. The highest BCUT2D eigenvalue weighted by Gasteiger charge is 2.07. The average molecular weight is 304 g/mol. The quantitative estimate of drug-likeness (QED) is 0.734. The molecule has 0 spiro atoms. The maximum atomic E-state index is 11.4. The fourth-order valence-electron chi connectivity index (χ4n) is 1.03. The molecule has 0 aliphatic heterocycles. The molecule has 0 unspecified atom stereocenters. The summed E-state index contributed by atoms with van der Waals surface area (Å²) < 4.78 is 1.26. The molecule has 72 valence electrons. The number of halogens is 1. The third-order valence-electron chi connectivity index (χ3n) is 1.65. The first-order chi connectivity index (χ1) is 6.68. The van der Waals surface area contributed by atoms with Crippen LogP contribution in [-0.2, 0) is 0 Å². The number of H-pyrrole nitrogens is 2. The van der Waals surface area contributed by atoms with Crippen molar-refractivity contribution in [2.24, 2.45) is 0 Å². The highest BCUT2D eigenvalue weighted by molar-refractivity contribution is 14.1. The summed E-state index contributed by atoms with van der Waals surface area (Å²) in [6.07, 6.45) is 4.58. The van der Waals surface area contributed by atoms with Crippen LogP contribution in [0.3, 0.4) is 0 Å². The maximum Gasteiger partial charge on any atom is 0.337 e. The van der Waals surface area contributed by atoms with E-state index in [0.717, 1.165) is 0 Å². The van der Waals surface area contributed by atoms with E-state index in [2.05, 4.69) is 15.0 Å². The van der Waals surface area contributed by atoms with Crippen molar-refractivity contribution < 1.29 is 0 Å². The van der Waals surface area contributed by atoms with Crippen molar-refractivity contribution in [3.8, 4) is 11.4 Å². The Morgan fingerprint density at radius 2 is 2.21 bits per heavy atom. The zero-order valence-corrected chi connectivity index (χ0v) is 8.98. The summed E-state index contributed by atoms with van der Waals surface area (Å²) in [5.41, 5.74) is -0.562. The number of aromatic amines is 2. The summed E-state index contributed by atoms with van der Waals surface area (Å²) in [5.74, 6) is 0.441. The van der Waals surface area contributed by atoms with Crippen LogP contribution in [0, 0.1) is 0 Å². The lowest BCUT2D eigenvalue weighted by Crippen LogP contribution is -2.26. The molecular formula is C7H5IN4O2. The van der Waals surface area contributed by atoms with Crippen molar-refractivity contribution in [1.82, 2.24) is 17.7 Å². The molecule has 2 heterocycles. The topological polar surface area (TPSA) is 83.5 Å². The van der Waals surface area contributed by atoms with Gasteiger partial charge in [-0.25, -0.2) is 12.6 Å². The highest BCUT2D eigenvalue weighted by atomic mass is 127. The summed E-state index contributed by atoms with van der Waals surface area (Å²) in [7, 11) is 0. The Morgan fingerprint density at radius 3 is 2.86 bits per heavy atom. The van der Waals surface area contributed by atoms with Crippen molar-refractivity contribution in [1.29, 1.82) is 0 Å². The monoisotopic (exact) mass is 304 g/mol. The van der Waals surface area contributed by atoms with Gasteiger partial charge in [-0.3, -0.25) is 9.78 Å². The number of nitrogens with zero attached hydrogens (tertiary/aromatic N) is 2. The third kappa shape index (κ3) is 1.50. The zero-order valence-electron chi connectivity index (χ0n) is 6.82. The minimum absolute atomic E-state index is 0.337. The van der Waals surface area contributed by atoms with Crippen molar-refractivity contribution >= 4 is 22.9 Å². The fourth-order valence-corrected chi connectivity index (χ4v) is 1.43. The van der Waals surface area contributed by atoms with E-state index in [1.807, 2.05) is 0 Å². The van der Waals surface area contributed by atoms with Crippen LogP contribution in [0.2, 0.25) is 0 Å². The molecule has 0 aliphatic rings. The first-order valence-electron chi connectivity index (χ1n) is 3.70. The van der Waals surface area contributed by atoms with Gasteiger partial charge in [0.25, 0.3) is 5.56 Å². The first kappa shape index (κ1) is 9.19. The molecule has 2 aromatic rings. The van der Waals surface area contributed by atoms with E-state index in [4.69, 9.17) is 0 Å². The molecule has 7 heteroatoms. The third-order valence-corrected chi connectivity index (χ3v) is 2.37. The van der Waals surface area contributed by atoms with Gasteiger partial charge in [-0.05, 0) is 0 Å². The van der Waals surface area contributed by atoms with Crippen LogP contribution in [0.1, 0.15) is 0 Å². The van der Waals surface area contributed by atoms with Crippen LogP contribution in [0.15, 0.2) is 28.2 Å². The van der Waals surface area contributed by atoms with E-state index in [-0.39, 0.29) is 0 Å². The van der Waals surface area contributed by atoms with Crippen molar-refractivity contribution in [2.45, 2.75) is 0 Å². The molecule has 0 fully saturated rings. The van der Waals surface area contributed by atoms with Gasteiger partial charge in [0.1, 0.15) is 5.82 Å². The number of imidazole rings is 1. The molecule has 0 bridgehead atoms. The first-order valence-corrected chi connectivity index (χ1v) is 4.67. The Kier molecular flexibility index (Phi) is 2.23. The number of rotatable bonds is 1. The lowest BCUT2D eigenvalue weighted by molar-refractivity contribution is 1.01. The molecule has 0 saturated carbocycles. The van der Waals surface area contributed by atoms with Gasteiger partial charge in [-0.1, -0.05) is 0 Å². The molecule has 2 rings (SSSR count). The van der Waals surface area contributed by atoms with Gasteiger partial charge in [0.15, 0.2) is 0 Å². The molecular weight excluding hydrogens is 299 g/mol. The van der Waals surface area contributed by atoms with E-state index in [1.165, 1.54) is 15.2 Å². The summed E-state index contributed by atoms with van der Waals surface area (Å²) in [4.78, 5) is 31.3. The van der Waals surface area contributed by atoms with Gasteiger partial charge in [0.2, 0.25) is 0 Å². The Morgan fingerprint density at radius 1 is 1.43 bits per heavy atom. The molecule has 2 aromatic heterocycles. The predicted molar refractivity (Wildman–Crippen MR) is 58.3 cm³/mol. The smallest absolute Gasteiger partial charge is 0.337 e. The molecule has 0 amide bonds. The Bertz CT molecular complexity index is 554. The van der Waals surface area contributed by atoms with Gasteiger partial charge in [-0.2, -0.15) is 0 Å². The maximum absolute atomic E-state index is 11.4. The summed E-state index contributed by atoms with van der Waals surface area (Å²) in [6, 6.07) is 0. The summed E-state index contributed by atoms with van der Waals surface area (Å²) in [5, 5.41) is 0. The van der Waals surface area contributed by atoms with Gasteiger partial charge in [0.05, 0.1) is 28.4 Å². The lowest BCUT2D eigenvalue weighted by atomic mass is 10.3. The molecule has 0 aromatic carbocycles. The lowest BCUT2D eigenvalue weighted by Gasteiger charge is -1.97. The SMILES string of the molecule is O=c1[nH]c(=O)n(I)cc1-c1ncc[nH]1. The second kappa shape index (κ2) is 3.40. The van der Waals surface area contributed by atoms with Crippen molar-refractivity contribution in [3.05, 3.63) is 39.4 Å². The standard InChI is InChI=1S/C7H5IN4O2/c8-12-3-4(5-9-1-2-10-5)6(13)11-7(12)14/h1-3H,(H,9,10)(H,11,13,14). The van der Waals surface area contributed by atoms with Gasteiger partial charge in [0, 0.05) is 18.6 Å². The number of hydrogen-bond donors (Lipinski definition) is 2. The van der Waals surface area contributed by atoms with Gasteiger partial charge < -0.3 is 4.98 Å². The normalized spacial score (nSPS) is 10.4. The second-order valence-corrected chi connectivity index (χ2v) is 3.59. The number of hydrogen-bond acceptors (Lipinski definition) is 3. The van der Waals surface area contributed by atoms with Crippen LogP contribution in [0.4, 0.5) is 0 Å². The van der Waals surface area contributed by atoms with E-state index in [0.29, 0.717) is 11.4 Å². The van der Waals surface area contributed by atoms with Crippen molar-refractivity contribution in [2.75, 3.05) is 0 Å². The molecule has 2 N–H and O–H groups in total. The second-order valence-electron chi connectivity index (χ2n) is 2.55. The predicted octanol–water partition coefficient (Wildman–Crippen LogP) is 0.125. The highest BCUT2D eigenvalue weighted by Crippen LogP contribution is 2.06. The van der Waals surface area contributed by atoms with Crippen LogP contribution in [-0.4, -0.2) is 17.7 Å². The van der Waals surface area contributed by atoms with Crippen LogP contribution >= 0.6 is 22.9 Å². The van der Waals surface area contributed by atoms with E-state index in [9.17, 15) is 9.59 Å². The van der Waals surface area contributed by atoms with Crippen LogP contribution < -0.4 is 11.2 Å². The summed E-state index contributed by atoms with van der Waals surface area (Å²) in [6.45, 7) is 0. The molecule has 14 heavy (non-hydrogen) atoms. The summed E-state index contributed by atoms with van der Waals surface area (Å²) >= 11 is 1.78. The van der Waals surface area contributed by atoms with E-state index < -0.39 is 11.2 Å². The Hall–Kier alpha value is -1.38. The average Bonchev–Trinajstić information content (AvgIpc) is 2.64. The number of aromatic nitrogens is 4. The molecule has 0 aliphatic carbocycles. The zero-order chi connectivity index (χ0) is 10.1.